The summed E-state index contributed by atoms with van der Waals surface area (Å²) in [5.74, 6) is 0. The number of nitrogens with zero attached hydrogens (tertiary/aromatic N) is 2. The molecule has 18 heavy (non-hydrogen) atoms. The molecule has 1 heterocycles. The second-order valence-electron chi connectivity index (χ2n) is 4.50. The van der Waals surface area contributed by atoms with Crippen molar-refractivity contribution in [2.45, 2.75) is 31.1 Å². The van der Waals surface area contributed by atoms with Crippen LogP contribution in [0.4, 0.5) is 0 Å². The second-order valence-corrected chi connectivity index (χ2v) is 6.70. The zero-order valence-corrected chi connectivity index (χ0v) is 11.1. The molecule has 0 aromatic heterocycles. The lowest BCUT2D eigenvalue weighted by Gasteiger charge is -2.23. The lowest BCUT2D eigenvalue weighted by atomic mass is 10.2. The first-order valence-electron chi connectivity index (χ1n) is 6.02. The first-order chi connectivity index (χ1) is 8.57. The minimum Gasteiger partial charge on any atom is -0.212 e. The van der Waals surface area contributed by atoms with Crippen LogP contribution in [0.5, 0.6) is 0 Å². The molecule has 1 aliphatic heterocycles. The Labute approximate surface area is 108 Å². The molecular weight excluding hydrogens is 248 g/mol. The van der Waals surface area contributed by atoms with Crippen molar-refractivity contribution >= 4 is 10.0 Å². The highest BCUT2D eigenvalue weighted by molar-refractivity contribution is 7.89. The maximum atomic E-state index is 12.5. The predicted molar refractivity (Wildman–Crippen MR) is 69.1 cm³/mol. The van der Waals surface area contributed by atoms with Crippen LogP contribution in [0.25, 0.3) is 0 Å². The predicted octanol–water partition coefficient (Wildman–Crippen LogP) is 2.07. The molecule has 5 heteroatoms. The zero-order valence-electron chi connectivity index (χ0n) is 10.3. The van der Waals surface area contributed by atoms with Crippen LogP contribution >= 0.6 is 0 Å². The molecule has 0 saturated carbocycles. The van der Waals surface area contributed by atoms with Gasteiger partial charge in [-0.25, -0.2) is 8.42 Å². The van der Waals surface area contributed by atoms with Gasteiger partial charge in [0.05, 0.1) is 11.3 Å². The van der Waals surface area contributed by atoms with Crippen molar-refractivity contribution in [2.24, 2.45) is 0 Å². The number of nitriles is 1. The third kappa shape index (κ3) is 2.26. The average Bonchev–Trinajstić information content (AvgIpc) is 2.88. The molecule has 0 spiro atoms. The molecule has 1 aliphatic rings. The minimum atomic E-state index is -3.44. The van der Waals surface area contributed by atoms with Crippen LogP contribution in [0.1, 0.15) is 30.6 Å². The molecule has 0 amide bonds. The van der Waals surface area contributed by atoms with Gasteiger partial charge in [-0.3, -0.25) is 0 Å². The van der Waals surface area contributed by atoms with E-state index in [4.69, 9.17) is 5.26 Å². The number of rotatable bonds is 3. The molecule has 2 unspecified atom stereocenters. The Morgan fingerprint density at radius 3 is 2.67 bits per heavy atom. The summed E-state index contributed by atoms with van der Waals surface area (Å²) in [6.45, 7) is 2.13. The number of benzene rings is 1. The molecule has 1 aromatic rings. The van der Waals surface area contributed by atoms with Crippen LogP contribution in [0.2, 0.25) is 0 Å². The van der Waals surface area contributed by atoms with Gasteiger partial charge in [-0.1, -0.05) is 30.3 Å². The van der Waals surface area contributed by atoms with Crippen molar-refractivity contribution in [3.8, 4) is 6.07 Å². The number of sulfonamides is 1. The van der Waals surface area contributed by atoms with Gasteiger partial charge >= 0.3 is 0 Å². The highest BCUT2D eigenvalue weighted by Gasteiger charge is 2.37. The van der Waals surface area contributed by atoms with Crippen LogP contribution in [0.3, 0.4) is 0 Å². The highest BCUT2D eigenvalue weighted by atomic mass is 32.2. The van der Waals surface area contributed by atoms with Gasteiger partial charge in [-0.05, 0) is 25.3 Å². The Kier molecular flexibility index (Phi) is 3.69. The first-order valence-corrected chi connectivity index (χ1v) is 7.53. The van der Waals surface area contributed by atoms with Crippen molar-refractivity contribution in [2.75, 3.05) is 6.54 Å². The van der Waals surface area contributed by atoms with E-state index in [1.165, 1.54) is 4.31 Å². The van der Waals surface area contributed by atoms with E-state index in [1.807, 2.05) is 18.2 Å². The maximum absolute atomic E-state index is 12.5. The summed E-state index contributed by atoms with van der Waals surface area (Å²) >= 11 is 0. The quantitative estimate of drug-likeness (QED) is 0.839. The van der Waals surface area contributed by atoms with E-state index < -0.39 is 21.3 Å². The van der Waals surface area contributed by atoms with Crippen LogP contribution in [0.15, 0.2) is 30.3 Å². The Morgan fingerprint density at radius 1 is 1.39 bits per heavy atom. The van der Waals surface area contributed by atoms with Gasteiger partial charge in [0, 0.05) is 6.54 Å². The molecule has 0 aliphatic carbocycles. The largest absolute Gasteiger partial charge is 0.222 e. The van der Waals surface area contributed by atoms with E-state index in [0.717, 1.165) is 12.0 Å². The topological polar surface area (TPSA) is 61.2 Å². The van der Waals surface area contributed by atoms with Crippen LogP contribution < -0.4 is 0 Å². The van der Waals surface area contributed by atoms with Crippen molar-refractivity contribution < 1.29 is 8.42 Å². The summed E-state index contributed by atoms with van der Waals surface area (Å²) in [6, 6.07) is 10.7. The maximum Gasteiger partial charge on any atom is 0.222 e. The van der Waals surface area contributed by atoms with Crippen LogP contribution in [0, 0.1) is 11.3 Å². The summed E-state index contributed by atoms with van der Waals surface area (Å²) in [5, 5.41) is 8.39. The Morgan fingerprint density at radius 2 is 2.06 bits per heavy atom. The van der Waals surface area contributed by atoms with E-state index in [2.05, 4.69) is 6.07 Å². The number of hydrogen-bond acceptors (Lipinski definition) is 3. The molecule has 0 radical (unpaired) electrons. The summed E-state index contributed by atoms with van der Waals surface area (Å²) in [7, 11) is -3.44. The molecule has 96 valence electrons. The fourth-order valence-corrected chi connectivity index (χ4v) is 4.07. The smallest absolute Gasteiger partial charge is 0.212 e. The van der Waals surface area contributed by atoms with Gasteiger partial charge in [-0.15, -0.1) is 0 Å². The molecule has 4 nitrogen and oxygen atoms in total. The normalized spacial score (nSPS) is 22.6. The van der Waals surface area contributed by atoms with Gasteiger partial charge < -0.3 is 0 Å². The van der Waals surface area contributed by atoms with E-state index in [-0.39, 0.29) is 0 Å². The molecule has 2 atom stereocenters. The highest BCUT2D eigenvalue weighted by Crippen LogP contribution is 2.30. The summed E-state index contributed by atoms with van der Waals surface area (Å²) < 4.78 is 26.3. The van der Waals surface area contributed by atoms with Gasteiger partial charge in [0.1, 0.15) is 6.04 Å². The fraction of sp³-hybridized carbons (Fsp3) is 0.462. The fourth-order valence-electron chi connectivity index (χ4n) is 2.27. The number of hydrogen-bond donors (Lipinski definition) is 0. The lowest BCUT2D eigenvalue weighted by Crippen LogP contribution is -2.37. The van der Waals surface area contributed by atoms with E-state index in [9.17, 15) is 8.42 Å². The Bertz CT molecular complexity index is 548. The third-order valence-corrected chi connectivity index (χ3v) is 5.65. The van der Waals surface area contributed by atoms with Gasteiger partial charge in [0.15, 0.2) is 0 Å². The van der Waals surface area contributed by atoms with Crippen molar-refractivity contribution in [1.29, 1.82) is 5.26 Å². The standard InChI is InChI=1S/C13H16N2O2S/c1-11(12-6-3-2-4-7-12)18(16,17)15-9-5-8-13(15)10-14/h2-4,6-7,11,13H,5,8-9H2,1H3. The van der Waals surface area contributed by atoms with E-state index in [0.29, 0.717) is 13.0 Å². The summed E-state index contributed by atoms with van der Waals surface area (Å²) in [6.07, 6.45) is 1.40. The third-order valence-electron chi connectivity index (χ3n) is 3.40. The van der Waals surface area contributed by atoms with Crippen LogP contribution in [-0.2, 0) is 10.0 Å². The molecule has 2 rings (SSSR count). The monoisotopic (exact) mass is 264 g/mol. The molecular formula is C13H16N2O2S. The molecule has 1 aromatic carbocycles. The van der Waals surface area contributed by atoms with Crippen LogP contribution in [-0.4, -0.2) is 25.3 Å². The lowest BCUT2D eigenvalue weighted by molar-refractivity contribution is 0.430. The van der Waals surface area contributed by atoms with Gasteiger partial charge in [0.2, 0.25) is 10.0 Å². The molecule has 1 saturated heterocycles. The summed E-state index contributed by atoms with van der Waals surface area (Å²) in [4.78, 5) is 0. The Hall–Kier alpha value is -1.38. The van der Waals surface area contributed by atoms with E-state index in [1.54, 1.807) is 19.1 Å². The molecule has 0 bridgehead atoms. The Balaban J connectivity index is 2.29. The average molecular weight is 264 g/mol. The second kappa shape index (κ2) is 5.09. The van der Waals surface area contributed by atoms with Gasteiger partial charge in [-0.2, -0.15) is 9.57 Å². The first kappa shape index (κ1) is 13.1. The zero-order chi connectivity index (χ0) is 13.2. The summed E-state index contributed by atoms with van der Waals surface area (Å²) in [5.41, 5.74) is 0.765. The van der Waals surface area contributed by atoms with Crippen molar-refractivity contribution in [3.05, 3.63) is 35.9 Å². The molecule has 1 fully saturated rings. The van der Waals surface area contributed by atoms with Crippen molar-refractivity contribution in [3.63, 3.8) is 0 Å². The van der Waals surface area contributed by atoms with Crippen molar-refractivity contribution in [1.82, 2.24) is 4.31 Å². The van der Waals surface area contributed by atoms with Gasteiger partial charge in [0.25, 0.3) is 0 Å². The van der Waals surface area contributed by atoms with E-state index >= 15 is 0 Å². The molecule has 0 N–H and O–H groups in total. The minimum absolute atomic E-state index is 0.456. The SMILES string of the molecule is CC(c1ccccc1)S(=O)(=O)N1CCCC1C#N.